The Bertz CT molecular complexity index is 495. The summed E-state index contributed by atoms with van der Waals surface area (Å²) in [4.78, 5) is 10.7. The fraction of sp³-hybridized carbons (Fsp3) is 0.300. The normalized spacial score (nSPS) is 13.4. The Morgan fingerprint density at radius 2 is 1.94 bits per heavy atom. The molecular weight excluding hydrogens is 230 g/mol. The number of benzene rings is 1. The van der Waals surface area contributed by atoms with Crippen molar-refractivity contribution >= 4 is 16.0 Å². The molecule has 1 aromatic carbocycles. The molecule has 2 N–H and O–H groups in total. The predicted octanol–water partition coefficient (Wildman–Crippen LogP) is 0.746. The molecule has 1 aromatic rings. The van der Waals surface area contributed by atoms with Crippen LogP contribution < -0.4 is 4.72 Å². The van der Waals surface area contributed by atoms with Gasteiger partial charge in [0.15, 0.2) is 0 Å². The van der Waals surface area contributed by atoms with Gasteiger partial charge in [0.25, 0.3) is 0 Å². The van der Waals surface area contributed by atoms with Crippen molar-refractivity contribution < 1.29 is 18.3 Å². The standard InChI is InChI=1S/C10H13NO4S/c1-7-5-3-4-6-9(7)16(14,15)11-8(2)10(12)13/h3-6,8,11H,1-2H3,(H,12,13)/t8-/m0/s1. The van der Waals surface area contributed by atoms with E-state index in [2.05, 4.69) is 4.72 Å². The van der Waals surface area contributed by atoms with E-state index >= 15 is 0 Å². The number of aryl methyl sites for hydroxylation is 1. The summed E-state index contributed by atoms with van der Waals surface area (Å²) in [5, 5.41) is 8.63. The first-order chi connectivity index (χ1) is 7.34. The molecule has 1 rings (SSSR count). The molecule has 0 aliphatic rings. The van der Waals surface area contributed by atoms with E-state index in [1.54, 1.807) is 25.1 Å². The average Bonchev–Trinajstić information content (AvgIpc) is 2.17. The maximum absolute atomic E-state index is 11.8. The monoisotopic (exact) mass is 243 g/mol. The predicted molar refractivity (Wildman–Crippen MR) is 58.6 cm³/mol. The molecular formula is C10H13NO4S. The molecule has 1 atom stereocenters. The number of nitrogens with one attached hydrogen (secondary N) is 1. The summed E-state index contributed by atoms with van der Waals surface area (Å²) in [6.07, 6.45) is 0. The van der Waals surface area contributed by atoms with Crippen LogP contribution in [0.25, 0.3) is 0 Å². The van der Waals surface area contributed by atoms with Gasteiger partial charge < -0.3 is 5.11 Å². The van der Waals surface area contributed by atoms with Crippen molar-refractivity contribution in [2.45, 2.75) is 24.8 Å². The Morgan fingerprint density at radius 1 is 1.38 bits per heavy atom. The molecule has 0 saturated heterocycles. The molecule has 6 heteroatoms. The topological polar surface area (TPSA) is 83.5 Å². The van der Waals surface area contributed by atoms with Gasteiger partial charge in [-0.05, 0) is 25.5 Å². The molecule has 0 saturated carbocycles. The van der Waals surface area contributed by atoms with Crippen molar-refractivity contribution in [3.8, 4) is 0 Å². The van der Waals surface area contributed by atoms with Crippen molar-refractivity contribution in [2.75, 3.05) is 0 Å². The van der Waals surface area contributed by atoms with Crippen molar-refractivity contribution in [1.29, 1.82) is 0 Å². The highest BCUT2D eigenvalue weighted by atomic mass is 32.2. The zero-order valence-corrected chi connectivity index (χ0v) is 9.78. The van der Waals surface area contributed by atoms with Gasteiger partial charge in [0.1, 0.15) is 6.04 Å². The Kier molecular flexibility index (Phi) is 3.66. The lowest BCUT2D eigenvalue weighted by atomic mass is 10.2. The fourth-order valence-electron chi connectivity index (χ4n) is 1.20. The number of carbonyl (C=O) groups is 1. The van der Waals surface area contributed by atoms with E-state index in [9.17, 15) is 13.2 Å². The molecule has 16 heavy (non-hydrogen) atoms. The van der Waals surface area contributed by atoms with Crippen LogP contribution in [0.2, 0.25) is 0 Å². The summed E-state index contributed by atoms with van der Waals surface area (Å²) in [5.41, 5.74) is 0.576. The molecule has 0 aliphatic carbocycles. The Labute approximate surface area is 94.2 Å². The molecule has 0 spiro atoms. The third-order valence-electron chi connectivity index (χ3n) is 2.09. The molecule has 0 aromatic heterocycles. The first-order valence-corrected chi connectivity index (χ1v) is 6.13. The summed E-state index contributed by atoms with van der Waals surface area (Å²) >= 11 is 0. The van der Waals surface area contributed by atoms with Crippen molar-refractivity contribution in [2.24, 2.45) is 0 Å². The number of carboxylic acids is 1. The second-order valence-corrected chi connectivity index (χ2v) is 5.13. The summed E-state index contributed by atoms with van der Waals surface area (Å²) in [6.45, 7) is 2.93. The van der Waals surface area contributed by atoms with Gasteiger partial charge in [-0.1, -0.05) is 18.2 Å². The number of rotatable bonds is 4. The van der Waals surface area contributed by atoms with Gasteiger partial charge in [0.2, 0.25) is 10.0 Å². The van der Waals surface area contributed by atoms with Crippen LogP contribution in [0.1, 0.15) is 12.5 Å². The zero-order valence-electron chi connectivity index (χ0n) is 8.97. The first kappa shape index (κ1) is 12.7. The maximum Gasteiger partial charge on any atom is 0.321 e. The van der Waals surface area contributed by atoms with Gasteiger partial charge in [-0.3, -0.25) is 4.79 Å². The van der Waals surface area contributed by atoms with E-state index in [4.69, 9.17) is 5.11 Å². The number of hydrogen-bond acceptors (Lipinski definition) is 3. The minimum Gasteiger partial charge on any atom is -0.480 e. The van der Waals surface area contributed by atoms with Crippen molar-refractivity contribution in [1.82, 2.24) is 4.72 Å². The highest BCUT2D eigenvalue weighted by Crippen LogP contribution is 2.14. The van der Waals surface area contributed by atoms with Gasteiger partial charge >= 0.3 is 5.97 Å². The Hall–Kier alpha value is -1.40. The lowest BCUT2D eigenvalue weighted by Crippen LogP contribution is -2.38. The van der Waals surface area contributed by atoms with Crippen LogP contribution >= 0.6 is 0 Å². The van der Waals surface area contributed by atoms with E-state index < -0.39 is 22.0 Å². The molecule has 0 aliphatic heterocycles. The van der Waals surface area contributed by atoms with Crippen LogP contribution in [0, 0.1) is 6.92 Å². The van der Waals surface area contributed by atoms with E-state index in [1.165, 1.54) is 13.0 Å². The van der Waals surface area contributed by atoms with Crippen molar-refractivity contribution in [3.63, 3.8) is 0 Å². The molecule has 0 bridgehead atoms. The smallest absolute Gasteiger partial charge is 0.321 e. The van der Waals surface area contributed by atoms with E-state index in [0.29, 0.717) is 5.56 Å². The van der Waals surface area contributed by atoms with Crippen LogP contribution in [-0.2, 0) is 14.8 Å². The SMILES string of the molecule is Cc1ccccc1S(=O)(=O)N[C@@H](C)C(=O)O. The Balaban J connectivity index is 3.04. The lowest BCUT2D eigenvalue weighted by Gasteiger charge is -2.11. The number of aliphatic carboxylic acids is 1. The maximum atomic E-state index is 11.8. The minimum absolute atomic E-state index is 0.100. The fourth-order valence-corrected chi connectivity index (χ4v) is 2.65. The van der Waals surface area contributed by atoms with Crippen LogP contribution in [0.5, 0.6) is 0 Å². The van der Waals surface area contributed by atoms with E-state index in [-0.39, 0.29) is 4.90 Å². The third kappa shape index (κ3) is 2.80. The molecule has 0 unspecified atom stereocenters. The van der Waals surface area contributed by atoms with Gasteiger partial charge in [-0.15, -0.1) is 0 Å². The second-order valence-electron chi connectivity index (χ2n) is 3.45. The van der Waals surface area contributed by atoms with Crippen LogP contribution in [0.3, 0.4) is 0 Å². The highest BCUT2D eigenvalue weighted by Gasteiger charge is 2.22. The zero-order chi connectivity index (χ0) is 12.3. The summed E-state index contributed by atoms with van der Waals surface area (Å²) in [5.74, 6) is -1.21. The lowest BCUT2D eigenvalue weighted by molar-refractivity contribution is -0.138. The van der Waals surface area contributed by atoms with Gasteiger partial charge in [-0.25, -0.2) is 8.42 Å². The van der Waals surface area contributed by atoms with E-state index in [1.807, 2.05) is 0 Å². The largest absolute Gasteiger partial charge is 0.480 e. The molecule has 0 heterocycles. The number of hydrogen-bond donors (Lipinski definition) is 2. The molecule has 5 nitrogen and oxygen atoms in total. The van der Waals surface area contributed by atoms with E-state index in [0.717, 1.165) is 0 Å². The number of carboxylic acid groups (broad SMARTS) is 1. The van der Waals surface area contributed by atoms with Crippen molar-refractivity contribution in [3.05, 3.63) is 29.8 Å². The molecule has 0 fully saturated rings. The molecule has 0 amide bonds. The van der Waals surface area contributed by atoms with Gasteiger partial charge in [0.05, 0.1) is 4.90 Å². The third-order valence-corrected chi connectivity index (χ3v) is 3.79. The van der Waals surface area contributed by atoms with Gasteiger partial charge in [-0.2, -0.15) is 4.72 Å². The second kappa shape index (κ2) is 4.63. The average molecular weight is 243 g/mol. The minimum atomic E-state index is -3.77. The molecule has 0 radical (unpaired) electrons. The first-order valence-electron chi connectivity index (χ1n) is 4.65. The highest BCUT2D eigenvalue weighted by molar-refractivity contribution is 7.89. The Morgan fingerprint density at radius 3 is 2.44 bits per heavy atom. The van der Waals surface area contributed by atoms with Crippen LogP contribution in [0.15, 0.2) is 29.2 Å². The van der Waals surface area contributed by atoms with Gasteiger partial charge in [0, 0.05) is 0 Å². The number of sulfonamides is 1. The quantitative estimate of drug-likeness (QED) is 0.817. The van der Waals surface area contributed by atoms with Crippen LogP contribution in [0.4, 0.5) is 0 Å². The van der Waals surface area contributed by atoms with Crippen LogP contribution in [-0.4, -0.2) is 25.5 Å². The molecule has 88 valence electrons. The summed E-state index contributed by atoms with van der Waals surface area (Å²) in [7, 11) is -3.77. The summed E-state index contributed by atoms with van der Waals surface area (Å²) in [6, 6.07) is 5.25. The summed E-state index contributed by atoms with van der Waals surface area (Å²) < 4.78 is 25.7.